The molecule has 1 N–H and O–H groups in total. The number of nitrogens with zero attached hydrogens (tertiary/aromatic N) is 2. The Labute approximate surface area is 214 Å². The highest BCUT2D eigenvalue weighted by Crippen LogP contribution is 2.22. The van der Waals surface area contributed by atoms with Crippen LogP contribution in [0.15, 0.2) is 52.4 Å². The van der Waals surface area contributed by atoms with Gasteiger partial charge in [0, 0.05) is 24.3 Å². The Bertz CT molecular complexity index is 1280. The fourth-order valence-corrected chi connectivity index (χ4v) is 5.26. The molecule has 1 aliphatic rings. The molecule has 1 saturated carbocycles. The first-order valence-electron chi connectivity index (χ1n) is 12.1. The number of hydrogen-bond acceptors (Lipinski definition) is 7. The Morgan fingerprint density at radius 2 is 1.78 bits per heavy atom. The van der Waals surface area contributed by atoms with Crippen molar-refractivity contribution in [3.63, 3.8) is 0 Å². The summed E-state index contributed by atoms with van der Waals surface area (Å²) in [4.78, 5) is 43.6. The number of nitrogens with one attached hydrogen (secondary N) is 1. The molecule has 1 fully saturated rings. The van der Waals surface area contributed by atoms with Crippen LogP contribution in [0, 0.1) is 0 Å². The Morgan fingerprint density at radius 3 is 2.47 bits per heavy atom. The number of thioether (sulfide) groups is 1. The molecule has 9 heteroatoms. The molecule has 1 aromatic heterocycles. The number of carbonyl (C=O) groups is 2. The monoisotopic (exact) mass is 509 g/mol. The van der Waals surface area contributed by atoms with E-state index in [1.807, 2.05) is 0 Å². The highest BCUT2D eigenvalue weighted by Gasteiger charge is 2.19. The minimum absolute atomic E-state index is 0.0871. The molecule has 3 aromatic rings. The van der Waals surface area contributed by atoms with Crippen molar-refractivity contribution in [3.8, 4) is 5.75 Å². The molecule has 1 aliphatic carbocycles. The summed E-state index contributed by atoms with van der Waals surface area (Å²) < 4.78 is 11.9. The van der Waals surface area contributed by atoms with Gasteiger partial charge in [-0.3, -0.25) is 19.0 Å². The molecule has 1 heterocycles. The fourth-order valence-electron chi connectivity index (χ4n) is 4.34. The minimum Gasteiger partial charge on any atom is -0.497 e. The van der Waals surface area contributed by atoms with Gasteiger partial charge in [-0.05, 0) is 55.3 Å². The number of carbonyl (C=O) groups excluding carboxylic acids is 2. The minimum atomic E-state index is -0.226. The molecule has 190 valence electrons. The van der Waals surface area contributed by atoms with Crippen LogP contribution in [0.5, 0.6) is 5.75 Å². The van der Waals surface area contributed by atoms with Gasteiger partial charge < -0.3 is 14.8 Å². The molecule has 36 heavy (non-hydrogen) atoms. The van der Waals surface area contributed by atoms with E-state index in [2.05, 4.69) is 10.3 Å². The molecule has 0 unspecified atom stereocenters. The molecule has 2 aromatic carbocycles. The van der Waals surface area contributed by atoms with Crippen molar-refractivity contribution >= 4 is 34.4 Å². The summed E-state index contributed by atoms with van der Waals surface area (Å²) in [6.07, 6.45) is 5.45. The summed E-state index contributed by atoms with van der Waals surface area (Å²) in [6.45, 7) is 0.635. The maximum absolute atomic E-state index is 13.3. The van der Waals surface area contributed by atoms with Crippen molar-refractivity contribution in [2.45, 2.75) is 49.8 Å². The van der Waals surface area contributed by atoms with E-state index in [4.69, 9.17) is 9.47 Å². The van der Waals surface area contributed by atoms with Crippen molar-refractivity contribution in [2.75, 3.05) is 26.6 Å². The number of methoxy groups -OCH3 is 2. The normalized spacial score (nSPS) is 14.1. The molecule has 0 radical (unpaired) electrons. The van der Waals surface area contributed by atoms with Gasteiger partial charge in [-0.25, -0.2) is 4.98 Å². The molecule has 4 rings (SSSR count). The molecular formula is C27H31N3O5S. The maximum atomic E-state index is 13.3. The second-order valence-corrected chi connectivity index (χ2v) is 9.77. The number of amides is 1. The van der Waals surface area contributed by atoms with Crippen LogP contribution < -0.4 is 15.6 Å². The SMILES string of the molecule is COCCn1c(SCC(=O)c2ccc(OC)cc2)nc2cc(C(=O)NC3CCCCC3)ccc2c1=O. The molecule has 0 spiro atoms. The first-order valence-corrected chi connectivity index (χ1v) is 13.1. The van der Waals surface area contributed by atoms with Crippen LogP contribution >= 0.6 is 11.8 Å². The van der Waals surface area contributed by atoms with Gasteiger partial charge in [-0.2, -0.15) is 0 Å². The smallest absolute Gasteiger partial charge is 0.262 e. The first-order chi connectivity index (χ1) is 17.5. The summed E-state index contributed by atoms with van der Waals surface area (Å²) in [5.74, 6) is 0.542. The van der Waals surface area contributed by atoms with Gasteiger partial charge in [0.05, 0.1) is 36.9 Å². The van der Waals surface area contributed by atoms with E-state index in [9.17, 15) is 14.4 Å². The number of ether oxygens (including phenoxy) is 2. The van der Waals surface area contributed by atoms with Gasteiger partial charge in [0.1, 0.15) is 5.75 Å². The van der Waals surface area contributed by atoms with Gasteiger partial charge in [0.2, 0.25) is 0 Å². The predicted molar refractivity (Wildman–Crippen MR) is 140 cm³/mol. The molecule has 0 bridgehead atoms. The second-order valence-electron chi connectivity index (χ2n) is 8.82. The first kappa shape index (κ1) is 25.9. The summed E-state index contributed by atoms with van der Waals surface area (Å²) >= 11 is 1.20. The zero-order valence-electron chi connectivity index (χ0n) is 20.6. The largest absolute Gasteiger partial charge is 0.497 e. The van der Waals surface area contributed by atoms with Crippen LogP contribution in [0.4, 0.5) is 0 Å². The van der Waals surface area contributed by atoms with Crippen LogP contribution in [-0.4, -0.2) is 53.9 Å². The van der Waals surface area contributed by atoms with Gasteiger partial charge in [0.25, 0.3) is 11.5 Å². The highest BCUT2D eigenvalue weighted by molar-refractivity contribution is 7.99. The second kappa shape index (κ2) is 12.2. The Kier molecular flexibility index (Phi) is 8.77. The van der Waals surface area contributed by atoms with Gasteiger partial charge in [-0.15, -0.1) is 0 Å². The lowest BCUT2D eigenvalue weighted by Gasteiger charge is -2.22. The predicted octanol–water partition coefficient (Wildman–Crippen LogP) is 4.09. The number of fused-ring (bicyclic) bond motifs is 1. The zero-order valence-corrected chi connectivity index (χ0v) is 21.4. The van der Waals surface area contributed by atoms with Gasteiger partial charge in [0.15, 0.2) is 10.9 Å². The van der Waals surface area contributed by atoms with Crippen LogP contribution in [0.1, 0.15) is 52.8 Å². The van der Waals surface area contributed by atoms with Crippen molar-refractivity contribution in [1.82, 2.24) is 14.9 Å². The summed E-state index contributed by atoms with van der Waals surface area (Å²) in [7, 11) is 3.14. The molecule has 1 amide bonds. The van der Waals surface area contributed by atoms with Crippen molar-refractivity contribution in [2.24, 2.45) is 0 Å². The average Bonchev–Trinajstić information content (AvgIpc) is 2.91. The molecule has 0 atom stereocenters. The average molecular weight is 510 g/mol. The Morgan fingerprint density at radius 1 is 1.06 bits per heavy atom. The molecule has 8 nitrogen and oxygen atoms in total. The summed E-state index contributed by atoms with van der Waals surface area (Å²) in [5, 5.41) is 3.94. The zero-order chi connectivity index (χ0) is 25.5. The molecular weight excluding hydrogens is 478 g/mol. The topological polar surface area (TPSA) is 99.5 Å². The quantitative estimate of drug-likeness (QED) is 0.250. The van der Waals surface area contributed by atoms with Gasteiger partial charge >= 0.3 is 0 Å². The molecule has 0 aliphatic heterocycles. The van der Waals surface area contributed by atoms with Crippen molar-refractivity contribution in [1.29, 1.82) is 0 Å². The third-order valence-corrected chi connectivity index (χ3v) is 7.36. The lowest BCUT2D eigenvalue weighted by atomic mass is 9.95. The van der Waals surface area contributed by atoms with E-state index in [0.717, 1.165) is 25.7 Å². The number of ketones is 1. The van der Waals surface area contributed by atoms with Crippen LogP contribution in [0.2, 0.25) is 0 Å². The van der Waals surface area contributed by atoms with E-state index in [-0.39, 0.29) is 29.0 Å². The molecule has 0 saturated heterocycles. The standard InChI is InChI=1S/C27H31N3O5S/c1-34-15-14-30-26(33)22-13-10-19(25(32)28-20-6-4-3-5-7-20)16-23(22)29-27(30)36-17-24(31)18-8-11-21(35-2)12-9-18/h8-13,16,20H,3-7,14-15,17H2,1-2H3,(H,28,32). The van der Waals surface area contributed by atoms with Crippen LogP contribution in [0.3, 0.4) is 0 Å². The van der Waals surface area contributed by atoms with E-state index in [0.29, 0.717) is 46.1 Å². The number of rotatable bonds is 10. The van der Waals surface area contributed by atoms with Gasteiger partial charge in [-0.1, -0.05) is 31.0 Å². The van der Waals surface area contributed by atoms with Crippen molar-refractivity contribution < 1.29 is 19.1 Å². The number of aromatic nitrogens is 2. The third kappa shape index (κ3) is 6.14. The number of hydrogen-bond donors (Lipinski definition) is 1. The third-order valence-electron chi connectivity index (χ3n) is 6.39. The summed E-state index contributed by atoms with van der Waals surface area (Å²) in [6, 6.07) is 12.1. The Hall–Kier alpha value is -3.17. The van der Waals surface area contributed by atoms with E-state index in [1.54, 1.807) is 56.7 Å². The van der Waals surface area contributed by atoms with E-state index < -0.39 is 0 Å². The lowest BCUT2D eigenvalue weighted by Crippen LogP contribution is -2.36. The van der Waals surface area contributed by atoms with Crippen molar-refractivity contribution in [3.05, 3.63) is 63.9 Å². The highest BCUT2D eigenvalue weighted by atomic mass is 32.2. The van der Waals surface area contributed by atoms with E-state index >= 15 is 0 Å². The summed E-state index contributed by atoms with van der Waals surface area (Å²) in [5.41, 5.74) is 1.23. The fraction of sp³-hybridized carbons (Fsp3) is 0.407. The number of benzene rings is 2. The number of Topliss-reactive ketones (excluding diaryl/α,β-unsaturated/α-hetero) is 1. The van der Waals surface area contributed by atoms with Crippen LogP contribution in [-0.2, 0) is 11.3 Å². The van der Waals surface area contributed by atoms with E-state index in [1.165, 1.54) is 22.7 Å². The van der Waals surface area contributed by atoms with Crippen LogP contribution in [0.25, 0.3) is 10.9 Å². The maximum Gasteiger partial charge on any atom is 0.262 e. The lowest BCUT2D eigenvalue weighted by molar-refractivity contribution is 0.0927. The Balaban J connectivity index is 1.59.